The van der Waals surface area contributed by atoms with Crippen molar-refractivity contribution in [1.82, 2.24) is 0 Å². The van der Waals surface area contributed by atoms with Crippen LogP contribution < -0.4 is 11.1 Å². The molecule has 0 aliphatic rings. The number of anilines is 1. The van der Waals surface area contributed by atoms with Crippen LogP contribution in [0.2, 0.25) is 0 Å². The molecule has 0 aliphatic carbocycles. The highest BCUT2D eigenvalue weighted by Crippen LogP contribution is 2.17. The van der Waals surface area contributed by atoms with Crippen LogP contribution in [0.3, 0.4) is 0 Å². The van der Waals surface area contributed by atoms with Gasteiger partial charge in [0.25, 0.3) is 5.69 Å². The zero-order valence-electron chi connectivity index (χ0n) is 10.5. The number of hydrogen-bond acceptors (Lipinski definition) is 4. The monoisotopic (exact) mass is 271 g/mol. The molecule has 2 aromatic rings. The van der Waals surface area contributed by atoms with E-state index in [1.165, 1.54) is 24.3 Å². The molecule has 2 aromatic carbocycles. The molecule has 2 rings (SSSR count). The summed E-state index contributed by atoms with van der Waals surface area (Å²) in [5, 5.41) is 13.1. The minimum Gasteiger partial charge on any atom is -0.324 e. The summed E-state index contributed by atoms with van der Waals surface area (Å²) < 4.78 is 0. The van der Waals surface area contributed by atoms with Gasteiger partial charge in [0.15, 0.2) is 0 Å². The lowest BCUT2D eigenvalue weighted by Crippen LogP contribution is -2.27. The summed E-state index contributed by atoms with van der Waals surface area (Å²) in [6, 6.07) is 13.8. The molecular formula is C14H13N3O3. The molecule has 102 valence electrons. The Labute approximate surface area is 115 Å². The van der Waals surface area contributed by atoms with Gasteiger partial charge in [0.2, 0.25) is 5.91 Å². The van der Waals surface area contributed by atoms with Crippen LogP contribution in [0.4, 0.5) is 11.4 Å². The number of rotatable bonds is 4. The van der Waals surface area contributed by atoms with Crippen molar-refractivity contribution in [3.63, 3.8) is 0 Å². The van der Waals surface area contributed by atoms with Crippen LogP contribution in [0.15, 0.2) is 54.6 Å². The van der Waals surface area contributed by atoms with E-state index in [0.29, 0.717) is 11.3 Å². The van der Waals surface area contributed by atoms with Gasteiger partial charge < -0.3 is 11.1 Å². The SMILES string of the molecule is N[C@@H](C(=O)Nc1ccc([N+](=O)[O-])cc1)c1ccccc1. The Hall–Kier alpha value is -2.73. The molecule has 0 radical (unpaired) electrons. The first-order valence-electron chi connectivity index (χ1n) is 5.94. The van der Waals surface area contributed by atoms with Gasteiger partial charge in [-0.15, -0.1) is 0 Å². The Morgan fingerprint density at radius 1 is 1.10 bits per heavy atom. The number of carbonyl (C=O) groups is 1. The predicted molar refractivity (Wildman–Crippen MR) is 75.1 cm³/mol. The van der Waals surface area contributed by atoms with Crippen molar-refractivity contribution in [3.05, 3.63) is 70.3 Å². The fourth-order valence-corrected chi connectivity index (χ4v) is 1.70. The van der Waals surface area contributed by atoms with Gasteiger partial charge in [-0.3, -0.25) is 14.9 Å². The number of amides is 1. The Morgan fingerprint density at radius 3 is 2.25 bits per heavy atom. The minimum absolute atomic E-state index is 0.0321. The van der Waals surface area contributed by atoms with E-state index in [-0.39, 0.29) is 11.6 Å². The maximum atomic E-state index is 12.0. The second kappa shape index (κ2) is 5.94. The zero-order valence-corrected chi connectivity index (χ0v) is 10.5. The Bertz CT molecular complexity index is 611. The Balaban J connectivity index is 2.06. The largest absolute Gasteiger partial charge is 0.324 e. The summed E-state index contributed by atoms with van der Waals surface area (Å²) in [5.41, 5.74) is 6.98. The molecule has 0 aromatic heterocycles. The fraction of sp³-hybridized carbons (Fsp3) is 0.0714. The second-order valence-electron chi connectivity index (χ2n) is 4.18. The lowest BCUT2D eigenvalue weighted by Gasteiger charge is -2.12. The molecule has 6 nitrogen and oxygen atoms in total. The topological polar surface area (TPSA) is 98.3 Å². The van der Waals surface area contributed by atoms with Gasteiger partial charge in [-0.1, -0.05) is 30.3 Å². The second-order valence-corrected chi connectivity index (χ2v) is 4.18. The average molecular weight is 271 g/mol. The highest BCUT2D eigenvalue weighted by Gasteiger charge is 2.15. The normalized spacial score (nSPS) is 11.7. The molecule has 0 aliphatic heterocycles. The third kappa shape index (κ3) is 3.18. The van der Waals surface area contributed by atoms with Gasteiger partial charge in [-0.05, 0) is 17.7 Å². The van der Waals surface area contributed by atoms with Crippen molar-refractivity contribution < 1.29 is 9.72 Å². The lowest BCUT2D eigenvalue weighted by atomic mass is 10.1. The van der Waals surface area contributed by atoms with E-state index in [4.69, 9.17) is 5.73 Å². The molecule has 0 saturated carbocycles. The summed E-state index contributed by atoms with van der Waals surface area (Å²) in [6.07, 6.45) is 0. The first-order valence-corrected chi connectivity index (χ1v) is 5.94. The number of carbonyl (C=O) groups excluding carboxylic acids is 1. The average Bonchev–Trinajstić information content (AvgIpc) is 2.48. The molecule has 6 heteroatoms. The minimum atomic E-state index is -0.786. The number of nitrogens with zero attached hydrogens (tertiary/aromatic N) is 1. The number of nitro groups is 1. The number of hydrogen-bond donors (Lipinski definition) is 2. The van der Waals surface area contributed by atoms with E-state index in [0.717, 1.165) is 0 Å². The molecular weight excluding hydrogens is 258 g/mol. The van der Waals surface area contributed by atoms with Gasteiger partial charge in [-0.2, -0.15) is 0 Å². The smallest absolute Gasteiger partial charge is 0.269 e. The van der Waals surface area contributed by atoms with Crippen LogP contribution in [0.1, 0.15) is 11.6 Å². The molecule has 0 heterocycles. The Morgan fingerprint density at radius 2 is 1.70 bits per heavy atom. The predicted octanol–water partition coefficient (Wildman–Crippen LogP) is 2.23. The van der Waals surface area contributed by atoms with Crippen LogP contribution in [0, 0.1) is 10.1 Å². The summed E-state index contributed by atoms with van der Waals surface area (Å²) >= 11 is 0. The molecule has 20 heavy (non-hydrogen) atoms. The van der Waals surface area contributed by atoms with Gasteiger partial charge in [0, 0.05) is 17.8 Å². The van der Waals surface area contributed by atoms with Gasteiger partial charge in [0.05, 0.1) is 4.92 Å². The van der Waals surface area contributed by atoms with Crippen LogP contribution in [0.5, 0.6) is 0 Å². The molecule has 3 N–H and O–H groups in total. The molecule has 1 amide bonds. The standard InChI is InChI=1S/C14H13N3O3/c15-13(10-4-2-1-3-5-10)14(18)16-11-6-8-12(9-7-11)17(19)20/h1-9,13H,15H2,(H,16,18)/t13-/m1/s1. The van der Waals surface area contributed by atoms with E-state index >= 15 is 0 Å². The van der Waals surface area contributed by atoms with Gasteiger partial charge in [0.1, 0.15) is 6.04 Å². The lowest BCUT2D eigenvalue weighted by molar-refractivity contribution is -0.384. The number of non-ortho nitro benzene ring substituents is 1. The van der Waals surface area contributed by atoms with E-state index in [2.05, 4.69) is 5.32 Å². The van der Waals surface area contributed by atoms with E-state index in [9.17, 15) is 14.9 Å². The zero-order chi connectivity index (χ0) is 14.5. The van der Waals surface area contributed by atoms with Gasteiger partial charge >= 0.3 is 0 Å². The van der Waals surface area contributed by atoms with Crippen molar-refractivity contribution >= 4 is 17.3 Å². The number of nitro benzene ring substituents is 1. The van der Waals surface area contributed by atoms with E-state index in [1.54, 1.807) is 24.3 Å². The van der Waals surface area contributed by atoms with Crippen molar-refractivity contribution in [3.8, 4) is 0 Å². The number of benzene rings is 2. The Kier molecular flexibility index (Phi) is 4.07. The third-order valence-electron chi connectivity index (χ3n) is 2.79. The molecule has 0 spiro atoms. The molecule has 0 bridgehead atoms. The van der Waals surface area contributed by atoms with Crippen LogP contribution in [-0.2, 0) is 4.79 Å². The first kappa shape index (κ1) is 13.7. The van der Waals surface area contributed by atoms with Crippen molar-refractivity contribution in [1.29, 1.82) is 0 Å². The third-order valence-corrected chi connectivity index (χ3v) is 2.79. The number of nitrogens with two attached hydrogens (primary N) is 1. The van der Waals surface area contributed by atoms with Gasteiger partial charge in [-0.25, -0.2) is 0 Å². The highest BCUT2D eigenvalue weighted by molar-refractivity contribution is 5.95. The molecule has 0 saturated heterocycles. The van der Waals surface area contributed by atoms with Crippen molar-refractivity contribution in [2.45, 2.75) is 6.04 Å². The quantitative estimate of drug-likeness (QED) is 0.658. The highest BCUT2D eigenvalue weighted by atomic mass is 16.6. The maximum Gasteiger partial charge on any atom is 0.269 e. The number of nitrogens with one attached hydrogen (secondary N) is 1. The molecule has 1 atom stereocenters. The van der Waals surface area contributed by atoms with Crippen molar-refractivity contribution in [2.24, 2.45) is 5.73 Å². The fourth-order valence-electron chi connectivity index (χ4n) is 1.70. The van der Waals surface area contributed by atoms with Crippen LogP contribution >= 0.6 is 0 Å². The summed E-state index contributed by atoms with van der Waals surface area (Å²) in [7, 11) is 0. The molecule has 0 fully saturated rings. The van der Waals surface area contributed by atoms with Crippen LogP contribution in [0.25, 0.3) is 0 Å². The van der Waals surface area contributed by atoms with E-state index in [1.807, 2.05) is 6.07 Å². The summed E-state index contributed by atoms with van der Waals surface area (Å²) in [6.45, 7) is 0. The summed E-state index contributed by atoms with van der Waals surface area (Å²) in [4.78, 5) is 22.0. The molecule has 0 unspecified atom stereocenters. The maximum absolute atomic E-state index is 12.0. The van der Waals surface area contributed by atoms with E-state index < -0.39 is 11.0 Å². The van der Waals surface area contributed by atoms with Crippen LogP contribution in [-0.4, -0.2) is 10.8 Å². The van der Waals surface area contributed by atoms with Crippen molar-refractivity contribution in [2.75, 3.05) is 5.32 Å². The first-order chi connectivity index (χ1) is 9.58. The summed E-state index contributed by atoms with van der Waals surface area (Å²) in [5.74, 6) is -0.370.